The van der Waals surface area contributed by atoms with Gasteiger partial charge in [-0.25, -0.2) is 33.5 Å². The van der Waals surface area contributed by atoms with Crippen molar-refractivity contribution in [2.24, 2.45) is 0 Å². The van der Waals surface area contributed by atoms with E-state index in [0.717, 1.165) is 4.68 Å². The maximum Gasteiger partial charge on any atom is 0.510 e. The lowest BCUT2D eigenvalue weighted by Gasteiger charge is -2.30. The van der Waals surface area contributed by atoms with Gasteiger partial charge in [-0.2, -0.15) is 18.1 Å². The molecule has 2 unspecified atom stereocenters. The van der Waals surface area contributed by atoms with Crippen LogP contribution in [0.2, 0.25) is 0 Å². The lowest BCUT2D eigenvalue weighted by atomic mass is 10.1. The van der Waals surface area contributed by atoms with Crippen molar-refractivity contribution in [2.75, 3.05) is 84.1 Å². The highest BCUT2D eigenvalue weighted by atomic mass is 32.2. The van der Waals surface area contributed by atoms with Gasteiger partial charge in [-0.05, 0) is 78.9 Å². The predicted octanol–water partition coefficient (Wildman–Crippen LogP) is 4.04. The van der Waals surface area contributed by atoms with Crippen LogP contribution < -0.4 is 18.5 Å². The number of ether oxygens (including phenoxy) is 10. The van der Waals surface area contributed by atoms with Gasteiger partial charge < -0.3 is 47.4 Å². The molecule has 0 spiro atoms. The second kappa shape index (κ2) is 34.0. The van der Waals surface area contributed by atoms with Gasteiger partial charge in [-0.15, -0.1) is 5.10 Å². The minimum absolute atomic E-state index is 0.0142. The number of carbonyl (C=O) groups is 3. The van der Waals surface area contributed by atoms with Crippen molar-refractivity contribution in [3.05, 3.63) is 66.5 Å². The quantitative estimate of drug-likeness (QED) is 0.0107. The first-order chi connectivity index (χ1) is 39.8. The number of hydrogen-bond acceptors (Lipinski definition) is 34. The average molecular weight is 1200 g/mol. The molecule has 0 bridgehead atoms. The zero-order chi connectivity index (χ0) is 60.3. The molecule has 5 aromatic rings. The molecule has 5 rings (SSSR count). The number of para-hydroxylation sites is 2. The maximum absolute atomic E-state index is 15.3. The fraction of sp³-hybridized carbons (Fsp3) is 0.478. The number of esters is 1. The Labute approximate surface area is 472 Å². The molecular formula is C46H62N12O24S. The van der Waals surface area contributed by atoms with Gasteiger partial charge in [0.2, 0.25) is 11.6 Å². The van der Waals surface area contributed by atoms with Crippen LogP contribution in [0.1, 0.15) is 64.7 Å². The Bertz CT molecular complexity index is 2910. The first kappa shape index (κ1) is 66.1. The molecule has 83 heavy (non-hydrogen) atoms. The highest BCUT2D eigenvalue weighted by molar-refractivity contribution is 7.92. The summed E-state index contributed by atoms with van der Waals surface area (Å²) in [5.41, 5.74) is 0.758. The summed E-state index contributed by atoms with van der Waals surface area (Å²) in [6, 6.07) is 11.8. The predicted molar refractivity (Wildman–Crippen MR) is 268 cm³/mol. The molecule has 1 aromatic carbocycles. The molecule has 0 fully saturated rings. The molecule has 0 aliphatic carbocycles. The summed E-state index contributed by atoms with van der Waals surface area (Å²) in [7, 11) is -3.71. The molecule has 6 N–H and O–H groups in total. The normalized spacial score (nSPS) is 12.3. The fourth-order valence-electron chi connectivity index (χ4n) is 6.72. The smallest absolute Gasteiger partial charge is 0.493 e. The van der Waals surface area contributed by atoms with Crippen LogP contribution in [-0.4, -0.2) is 200 Å². The first-order valence-electron chi connectivity index (χ1n) is 24.8. The van der Waals surface area contributed by atoms with Gasteiger partial charge in [0.1, 0.15) is 32.1 Å². The lowest BCUT2D eigenvalue weighted by Crippen LogP contribution is -2.43. The maximum atomic E-state index is 15.3. The standard InChI is InChI=1S/C46H62N12O24S/c1-30(2)34-13-14-38(48-29-34)83(68,69)55(32(4)81-46(61)76-23-19-72-21-27-79-58(66)67)43-40(82-37-11-7-6-10-36(37)70-5)44(74-25-24-73-39(59)12-8-9-17-77-56(62)63)50-41(49-43)33-15-16-47-35(28-33)42-51-52-53-54(42)31(3)80-45(60)75-22-18-71-20-26-78-57(64)65/h6-7,10-11,13-16,28-32,62-67H,8-9,12,17-27H2,1-5H3. The number of tetrazole rings is 1. The van der Waals surface area contributed by atoms with Crippen LogP contribution in [0.4, 0.5) is 15.4 Å². The van der Waals surface area contributed by atoms with E-state index >= 15 is 8.42 Å². The Morgan fingerprint density at radius 3 is 1.94 bits per heavy atom. The highest BCUT2D eigenvalue weighted by Gasteiger charge is 2.39. The van der Waals surface area contributed by atoms with Crippen molar-refractivity contribution >= 4 is 34.1 Å². The number of hydrogen-bond donors (Lipinski definition) is 6. The number of benzene rings is 1. The molecule has 2 atom stereocenters. The van der Waals surface area contributed by atoms with Crippen molar-refractivity contribution in [3.8, 4) is 46.0 Å². The van der Waals surface area contributed by atoms with Gasteiger partial charge in [0.15, 0.2) is 40.6 Å². The Balaban J connectivity index is 1.60. The Morgan fingerprint density at radius 1 is 0.687 bits per heavy atom. The van der Waals surface area contributed by atoms with Gasteiger partial charge >= 0.3 is 18.3 Å². The molecule has 0 amide bonds. The summed E-state index contributed by atoms with van der Waals surface area (Å²) < 4.78 is 87.6. The average Bonchev–Trinajstić information content (AvgIpc) is 2.69. The summed E-state index contributed by atoms with van der Waals surface area (Å²) in [6.07, 6.45) is -2.64. The van der Waals surface area contributed by atoms with Crippen molar-refractivity contribution in [1.82, 2.24) is 56.3 Å². The Hall–Kier alpha value is -7.73. The molecule has 36 nitrogen and oxygen atoms in total. The van der Waals surface area contributed by atoms with E-state index in [9.17, 15) is 14.4 Å². The lowest BCUT2D eigenvalue weighted by molar-refractivity contribution is -0.493. The molecule has 37 heteroatoms. The van der Waals surface area contributed by atoms with Crippen LogP contribution in [0.5, 0.6) is 23.1 Å². The van der Waals surface area contributed by atoms with E-state index in [2.05, 4.69) is 45.0 Å². The topological polar surface area (TPSA) is 435 Å². The SMILES string of the molecule is COc1ccccc1Oc1c(OCCOC(=O)CCCCON(O)O)nc(-c2ccnc(-c3nnnn3C(C)OC(=O)OCCOCCON(O)O)c2)nc1N(C(C)OC(=O)OCCOCCON(O)O)S(=O)(=O)c1ccc(C(C)C)cn1. The summed E-state index contributed by atoms with van der Waals surface area (Å²) in [6.45, 7) is 3.54. The number of pyridine rings is 2. The zero-order valence-corrected chi connectivity index (χ0v) is 46.0. The summed E-state index contributed by atoms with van der Waals surface area (Å²) in [5.74, 6) is -2.72. The van der Waals surface area contributed by atoms with Crippen molar-refractivity contribution in [1.29, 1.82) is 0 Å². The number of nitrogens with zero attached hydrogens (tertiary/aromatic N) is 12. The van der Waals surface area contributed by atoms with E-state index in [1.54, 1.807) is 12.1 Å². The van der Waals surface area contributed by atoms with Crippen LogP contribution in [0, 0.1) is 0 Å². The van der Waals surface area contributed by atoms with Crippen LogP contribution in [0.25, 0.3) is 22.9 Å². The third kappa shape index (κ3) is 21.5. The second-order valence-electron chi connectivity index (χ2n) is 16.7. The third-order valence-electron chi connectivity index (χ3n) is 10.5. The van der Waals surface area contributed by atoms with Crippen LogP contribution in [0.15, 0.2) is 66.0 Å². The van der Waals surface area contributed by atoms with E-state index in [0.29, 0.717) is 9.87 Å². The number of rotatable bonds is 37. The molecular weight excluding hydrogens is 1140 g/mol. The van der Waals surface area contributed by atoms with E-state index in [4.69, 9.17) is 83.6 Å². The largest absolute Gasteiger partial charge is 0.510 e. The Morgan fingerprint density at radius 2 is 1.31 bits per heavy atom. The number of carbonyl (C=O) groups excluding carboxylic acids is 3. The minimum atomic E-state index is -5.05. The Kier molecular flexibility index (Phi) is 27.1. The van der Waals surface area contributed by atoms with Crippen molar-refractivity contribution < 1.29 is 116 Å². The van der Waals surface area contributed by atoms with Crippen LogP contribution in [-0.2, 0) is 62.5 Å². The fourth-order valence-corrected chi connectivity index (χ4v) is 8.13. The number of unbranched alkanes of at least 4 members (excludes halogenated alkanes) is 1. The molecule has 0 saturated heterocycles. The van der Waals surface area contributed by atoms with E-state index in [1.165, 1.54) is 69.7 Å². The summed E-state index contributed by atoms with van der Waals surface area (Å²) >= 11 is 0. The molecule has 0 aliphatic heterocycles. The molecule has 0 radical (unpaired) electrons. The number of anilines is 1. The molecule has 456 valence electrons. The van der Waals surface area contributed by atoms with Gasteiger partial charge in [0.05, 0.1) is 69.5 Å². The van der Waals surface area contributed by atoms with Gasteiger partial charge in [-0.1, -0.05) is 32.0 Å². The number of sulfonamides is 1. The number of aromatic nitrogens is 8. The van der Waals surface area contributed by atoms with E-state index in [1.807, 2.05) is 13.8 Å². The van der Waals surface area contributed by atoms with Gasteiger partial charge in [-0.3, -0.25) is 45.9 Å². The summed E-state index contributed by atoms with van der Waals surface area (Å²) in [4.78, 5) is 70.2. The van der Waals surface area contributed by atoms with Crippen LogP contribution >= 0.6 is 0 Å². The third-order valence-corrected chi connectivity index (χ3v) is 12.3. The monoisotopic (exact) mass is 1200 g/mol. The number of methoxy groups -OCH3 is 1. The molecule has 4 aromatic heterocycles. The van der Waals surface area contributed by atoms with Gasteiger partial charge in [0, 0.05) is 24.4 Å². The van der Waals surface area contributed by atoms with Crippen molar-refractivity contribution in [3.63, 3.8) is 0 Å². The van der Waals surface area contributed by atoms with Crippen LogP contribution in [0.3, 0.4) is 0 Å². The van der Waals surface area contributed by atoms with E-state index in [-0.39, 0.29) is 112 Å². The van der Waals surface area contributed by atoms with Crippen molar-refractivity contribution in [2.45, 2.75) is 70.4 Å². The zero-order valence-electron chi connectivity index (χ0n) is 45.2. The van der Waals surface area contributed by atoms with Gasteiger partial charge in [0.25, 0.3) is 15.9 Å². The minimum Gasteiger partial charge on any atom is -0.493 e. The molecule has 0 saturated carbocycles. The highest BCUT2D eigenvalue weighted by Crippen LogP contribution is 2.45. The first-order valence-corrected chi connectivity index (χ1v) is 26.2. The molecule has 0 aliphatic rings. The molecule has 4 heterocycles. The second-order valence-corrected chi connectivity index (χ2v) is 18.4. The summed E-state index contributed by atoms with van der Waals surface area (Å²) in [5, 5.41) is 62.0. The van der Waals surface area contributed by atoms with E-state index < -0.39 is 99.2 Å².